The highest BCUT2D eigenvalue weighted by molar-refractivity contribution is 6.31. The Kier molecular flexibility index (Phi) is 6.42. The molecule has 1 aromatic carbocycles. The van der Waals surface area contributed by atoms with Crippen LogP contribution < -0.4 is 10.6 Å². The molecule has 2 aromatic rings. The number of benzene rings is 1. The van der Waals surface area contributed by atoms with E-state index in [0.717, 1.165) is 4.68 Å². The third-order valence-corrected chi connectivity index (χ3v) is 4.50. The highest BCUT2D eigenvalue weighted by atomic mass is 35.5. The fourth-order valence-corrected chi connectivity index (χ4v) is 2.82. The van der Waals surface area contributed by atoms with E-state index in [0.29, 0.717) is 22.9 Å². The van der Waals surface area contributed by atoms with Gasteiger partial charge in [0.05, 0.1) is 11.3 Å². The van der Waals surface area contributed by atoms with Gasteiger partial charge in [0, 0.05) is 23.8 Å². The first-order chi connectivity index (χ1) is 13.4. The summed E-state index contributed by atoms with van der Waals surface area (Å²) < 4.78 is 40.5. The Morgan fingerprint density at radius 2 is 1.72 bits per heavy atom. The van der Waals surface area contributed by atoms with Crippen LogP contribution in [0.3, 0.4) is 0 Å². The maximum atomic E-state index is 13.2. The van der Waals surface area contributed by atoms with Crippen LogP contribution >= 0.6 is 11.6 Å². The molecular weight excluding hydrogens is 409 g/mol. The molecule has 29 heavy (non-hydrogen) atoms. The first-order valence-electron chi connectivity index (χ1n) is 8.52. The molecule has 0 fully saturated rings. The third-order valence-electron chi connectivity index (χ3n) is 4.28. The van der Waals surface area contributed by atoms with E-state index in [-0.39, 0.29) is 22.0 Å². The van der Waals surface area contributed by atoms with Crippen LogP contribution in [0.1, 0.15) is 52.9 Å². The zero-order valence-electron chi connectivity index (χ0n) is 16.5. The average molecular weight is 429 g/mol. The van der Waals surface area contributed by atoms with Gasteiger partial charge < -0.3 is 10.6 Å². The monoisotopic (exact) mass is 428 g/mol. The van der Waals surface area contributed by atoms with Gasteiger partial charge in [-0.1, -0.05) is 17.2 Å². The van der Waals surface area contributed by atoms with E-state index in [1.807, 2.05) is 0 Å². The van der Waals surface area contributed by atoms with Gasteiger partial charge in [0.1, 0.15) is 5.69 Å². The van der Waals surface area contributed by atoms with Gasteiger partial charge in [0.15, 0.2) is 5.69 Å². The maximum absolute atomic E-state index is 13.2. The van der Waals surface area contributed by atoms with Gasteiger partial charge in [0.25, 0.3) is 11.8 Å². The molecule has 0 saturated heterocycles. The number of alkyl halides is 3. The van der Waals surface area contributed by atoms with Crippen molar-refractivity contribution in [3.63, 3.8) is 0 Å². The molecule has 0 unspecified atom stereocenters. The normalized spacial score (nSPS) is 11.2. The summed E-state index contributed by atoms with van der Waals surface area (Å²) in [6.45, 7) is 6.56. The highest BCUT2D eigenvalue weighted by Gasteiger charge is 2.36. The largest absolute Gasteiger partial charge is 0.435 e. The van der Waals surface area contributed by atoms with E-state index in [4.69, 9.17) is 11.6 Å². The van der Waals surface area contributed by atoms with Crippen LogP contribution in [0, 0.1) is 6.92 Å². The second-order valence-electron chi connectivity index (χ2n) is 6.59. The first kappa shape index (κ1) is 22.5. The number of amides is 2. The number of anilines is 1. The van der Waals surface area contributed by atoms with Gasteiger partial charge in [-0.15, -0.1) is 0 Å². The number of nitrogens with one attached hydrogen (secondary N) is 2. The van der Waals surface area contributed by atoms with E-state index in [2.05, 4.69) is 15.7 Å². The summed E-state index contributed by atoms with van der Waals surface area (Å²) in [5.41, 5.74) is 0.276. The van der Waals surface area contributed by atoms with Crippen molar-refractivity contribution in [2.75, 3.05) is 12.4 Å². The van der Waals surface area contributed by atoms with Gasteiger partial charge in [-0.3, -0.25) is 9.59 Å². The fraction of sp³-hybridized carbons (Fsp3) is 0.316. The molecule has 0 aliphatic heterocycles. The lowest BCUT2D eigenvalue weighted by Crippen LogP contribution is -2.23. The number of aryl methyl sites for hydroxylation is 1. The van der Waals surface area contributed by atoms with Crippen LogP contribution in [-0.4, -0.2) is 28.6 Å². The molecule has 1 aromatic heterocycles. The lowest BCUT2D eigenvalue weighted by Gasteiger charge is -2.15. The quantitative estimate of drug-likeness (QED) is 0.738. The van der Waals surface area contributed by atoms with Gasteiger partial charge in [-0.05, 0) is 45.4 Å². The number of halogens is 4. The summed E-state index contributed by atoms with van der Waals surface area (Å²) in [4.78, 5) is 25.0. The third kappa shape index (κ3) is 4.79. The molecule has 1 heterocycles. The zero-order chi connectivity index (χ0) is 22.1. The minimum atomic E-state index is -4.72. The SMILES string of the molecule is CNC(=O)c1cc(Cl)cc(C)c1NC(=O)c1cc(C(F)(F)F)nn1C(C)=C(C)C. The van der Waals surface area contributed by atoms with Crippen molar-refractivity contribution in [1.29, 1.82) is 0 Å². The van der Waals surface area contributed by atoms with Gasteiger partial charge >= 0.3 is 6.18 Å². The molecule has 0 bridgehead atoms. The zero-order valence-corrected chi connectivity index (χ0v) is 17.2. The van der Waals surface area contributed by atoms with Crippen LogP contribution in [-0.2, 0) is 6.18 Å². The number of carbonyl (C=O) groups excluding carboxylic acids is 2. The molecule has 156 valence electrons. The van der Waals surface area contributed by atoms with Gasteiger partial charge in [0.2, 0.25) is 0 Å². The van der Waals surface area contributed by atoms with Crippen molar-refractivity contribution in [3.05, 3.63) is 51.3 Å². The van der Waals surface area contributed by atoms with Crippen molar-refractivity contribution in [3.8, 4) is 0 Å². The Morgan fingerprint density at radius 3 is 2.24 bits per heavy atom. The molecule has 0 saturated carbocycles. The number of allylic oxidation sites excluding steroid dienone is 2. The van der Waals surface area contributed by atoms with Crippen LogP contribution in [0.4, 0.5) is 18.9 Å². The molecule has 0 atom stereocenters. The molecule has 10 heteroatoms. The smallest absolute Gasteiger partial charge is 0.355 e. The molecule has 0 spiro atoms. The van der Waals surface area contributed by atoms with E-state index in [1.54, 1.807) is 27.7 Å². The van der Waals surface area contributed by atoms with E-state index >= 15 is 0 Å². The van der Waals surface area contributed by atoms with E-state index < -0.39 is 23.7 Å². The average Bonchev–Trinajstić information content (AvgIpc) is 3.07. The molecule has 0 aliphatic carbocycles. The summed E-state index contributed by atoms with van der Waals surface area (Å²) in [5.74, 6) is -1.35. The Balaban J connectivity index is 2.59. The minimum absolute atomic E-state index is 0.0897. The van der Waals surface area contributed by atoms with E-state index in [9.17, 15) is 22.8 Å². The Hall–Kier alpha value is -2.81. The van der Waals surface area contributed by atoms with Crippen molar-refractivity contribution in [2.24, 2.45) is 0 Å². The molecule has 2 amide bonds. The van der Waals surface area contributed by atoms with Crippen LogP contribution in [0.5, 0.6) is 0 Å². The van der Waals surface area contributed by atoms with Crippen molar-refractivity contribution >= 4 is 34.8 Å². The van der Waals surface area contributed by atoms with Crippen LogP contribution in [0.25, 0.3) is 5.70 Å². The predicted octanol–water partition coefficient (Wildman–Crippen LogP) is 4.75. The minimum Gasteiger partial charge on any atom is -0.355 e. The molecule has 2 N–H and O–H groups in total. The van der Waals surface area contributed by atoms with Crippen molar-refractivity contribution < 1.29 is 22.8 Å². The van der Waals surface area contributed by atoms with Crippen LogP contribution in [0.15, 0.2) is 23.8 Å². The first-order valence-corrected chi connectivity index (χ1v) is 8.90. The van der Waals surface area contributed by atoms with E-state index in [1.165, 1.54) is 19.2 Å². The topological polar surface area (TPSA) is 76.0 Å². The Labute approximate surface area is 170 Å². The fourth-order valence-electron chi connectivity index (χ4n) is 2.55. The standard InChI is InChI=1S/C19H20ClF3N4O2/c1-9(2)11(4)27-14(8-15(26-27)19(21,22)23)18(29)25-16-10(3)6-12(20)7-13(16)17(28)24-5/h6-8H,1-5H3,(H,24,28)(H,25,29). The van der Waals surface area contributed by atoms with Crippen LogP contribution in [0.2, 0.25) is 5.02 Å². The summed E-state index contributed by atoms with van der Waals surface area (Å²) in [6.07, 6.45) is -4.72. The van der Waals surface area contributed by atoms with Crippen molar-refractivity contribution in [2.45, 2.75) is 33.9 Å². The summed E-state index contributed by atoms with van der Waals surface area (Å²) in [6, 6.07) is 3.57. The van der Waals surface area contributed by atoms with Gasteiger partial charge in [-0.2, -0.15) is 18.3 Å². The second kappa shape index (κ2) is 8.28. The summed E-state index contributed by atoms with van der Waals surface area (Å²) in [5, 5.41) is 8.79. The predicted molar refractivity (Wildman–Crippen MR) is 105 cm³/mol. The van der Waals surface area contributed by atoms with Gasteiger partial charge in [-0.25, -0.2) is 4.68 Å². The second-order valence-corrected chi connectivity index (χ2v) is 7.02. The maximum Gasteiger partial charge on any atom is 0.435 e. The summed E-state index contributed by atoms with van der Waals surface area (Å²) in [7, 11) is 1.41. The lowest BCUT2D eigenvalue weighted by molar-refractivity contribution is -0.141. The van der Waals surface area contributed by atoms with Crippen molar-refractivity contribution in [1.82, 2.24) is 15.1 Å². The molecule has 2 rings (SSSR count). The number of aromatic nitrogens is 2. The molecular formula is C19H20ClF3N4O2. The number of carbonyl (C=O) groups is 2. The molecule has 0 aliphatic rings. The molecule has 0 radical (unpaired) electrons. The Morgan fingerprint density at radius 1 is 1.10 bits per heavy atom. The number of rotatable bonds is 4. The summed E-state index contributed by atoms with van der Waals surface area (Å²) >= 11 is 5.99. The highest BCUT2D eigenvalue weighted by Crippen LogP contribution is 2.31. The Bertz CT molecular complexity index is 1010. The number of hydrogen-bond acceptors (Lipinski definition) is 3. The number of nitrogens with zero attached hydrogens (tertiary/aromatic N) is 2. The molecule has 6 nitrogen and oxygen atoms in total. The number of hydrogen-bond donors (Lipinski definition) is 2. The lowest BCUT2D eigenvalue weighted by atomic mass is 10.1.